The monoisotopic (exact) mass is 474 g/mol. The number of hydrogen-bond acceptors (Lipinski definition) is 2. The second kappa shape index (κ2) is 7.44. The average molecular weight is 474 g/mol. The van der Waals surface area contributed by atoms with Crippen LogP contribution in [0, 0.1) is 6.92 Å². The first-order chi connectivity index (χ1) is 17.2. The highest BCUT2D eigenvalue weighted by Gasteiger charge is 2.41. The summed E-state index contributed by atoms with van der Waals surface area (Å²) in [6.07, 6.45) is 2.53. The van der Waals surface area contributed by atoms with Gasteiger partial charge in [-0.3, -0.25) is 0 Å². The molecule has 1 saturated heterocycles. The van der Waals surface area contributed by atoms with Gasteiger partial charge in [0.05, 0.1) is 0 Å². The van der Waals surface area contributed by atoms with Gasteiger partial charge in [-0.25, -0.2) is 0 Å². The number of rotatable bonds is 2. The standard InChI is InChI=1S/C32H35BN2O/c1-19(2)29-20(3)35-26-17-22(34-14-7-8-15-34)18-28-30(26)33(24-11-9-10-23(29)31(24)35)25-16-21(32(4,5)6)12-13-27(25)36-28/h9-13,16-19H,7-8,14-15H2,1-6H3. The number of para-hydroxylation sites is 1. The van der Waals surface area contributed by atoms with Crippen molar-refractivity contribution in [2.45, 2.75) is 65.7 Å². The normalized spacial score (nSPS) is 16.0. The number of benzene rings is 3. The molecule has 0 atom stereocenters. The molecule has 0 aliphatic carbocycles. The highest BCUT2D eigenvalue weighted by Crippen LogP contribution is 2.40. The molecule has 0 N–H and O–H groups in total. The molecule has 0 amide bonds. The van der Waals surface area contributed by atoms with Gasteiger partial charge in [-0.15, -0.1) is 0 Å². The quantitative estimate of drug-likeness (QED) is 0.291. The van der Waals surface area contributed by atoms with E-state index in [9.17, 15) is 0 Å². The lowest BCUT2D eigenvalue weighted by molar-refractivity contribution is 0.486. The largest absolute Gasteiger partial charge is 0.458 e. The van der Waals surface area contributed by atoms with Gasteiger partial charge in [0, 0.05) is 47.1 Å². The maximum absolute atomic E-state index is 6.76. The van der Waals surface area contributed by atoms with Gasteiger partial charge in [0.15, 0.2) is 0 Å². The van der Waals surface area contributed by atoms with Gasteiger partial charge in [-0.1, -0.05) is 65.0 Å². The number of nitrogens with zero attached hydrogens (tertiary/aromatic N) is 2. The fraction of sp³-hybridized carbons (Fsp3) is 0.375. The first-order valence-electron chi connectivity index (χ1n) is 13.6. The summed E-state index contributed by atoms with van der Waals surface area (Å²) in [6.45, 7) is 16.3. The van der Waals surface area contributed by atoms with E-state index >= 15 is 0 Å². The van der Waals surface area contributed by atoms with E-state index in [1.165, 1.54) is 68.3 Å². The zero-order valence-electron chi connectivity index (χ0n) is 22.4. The maximum Gasteiger partial charge on any atom is 0.256 e. The lowest BCUT2D eigenvalue weighted by Crippen LogP contribution is -2.58. The van der Waals surface area contributed by atoms with Crippen molar-refractivity contribution in [1.29, 1.82) is 0 Å². The molecule has 1 fully saturated rings. The third-order valence-corrected chi connectivity index (χ3v) is 8.71. The van der Waals surface area contributed by atoms with E-state index in [0.29, 0.717) is 5.92 Å². The van der Waals surface area contributed by atoms with Crippen molar-refractivity contribution >= 4 is 39.7 Å². The summed E-state index contributed by atoms with van der Waals surface area (Å²) in [5.41, 5.74) is 12.3. The molecule has 182 valence electrons. The van der Waals surface area contributed by atoms with Crippen LogP contribution in [0.25, 0.3) is 16.6 Å². The third-order valence-electron chi connectivity index (χ3n) is 8.71. The Morgan fingerprint density at radius 3 is 2.42 bits per heavy atom. The fourth-order valence-corrected chi connectivity index (χ4v) is 7.02. The summed E-state index contributed by atoms with van der Waals surface area (Å²) in [6, 6.07) is 18.6. The van der Waals surface area contributed by atoms with Gasteiger partial charge < -0.3 is 14.2 Å². The van der Waals surface area contributed by atoms with Crippen molar-refractivity contribution in [3.63, 3.8) is 0 Å². The Hall–Kier alpha value is -3.14. The molecule has 3 aromatic carbocycles. The molecular formula is C32H35BN2O. The smallest absolute Gasteiger partial charge is 0.256 e. The number of ether oxygens (including phenoxy) is 1. The molecule has 4 heterocycles. The molecular weight excluding hydrogens is 439 g/mol. The summed E-state index contributed by atoms with van der Waals surface area (Å²) >= 11 is 0. The van der Waals surface area contributed by atoms with Gasteiger partial charge in [0.2, 0.25) is 0 Å². The highest BCUT2D eigenvalue weighted by molar-refractivity contribution is 6.99. The van der Waals surface area contributed by atoms with Crippen molar-refractivity contribution in [2.75, 3.05) is 18.0 Å². The van der Waals surface area contributed by atoms with E-state index in [1.807, 2.05) is 0 Å². The Balaban J connectivity index is 1.59. The van der Waals surface area contributed by atoms with Crippen LogP contribution in [0.4, 0.5) is 5.69 Å². The van der Waals surface area contributed by atoms with E-state index in [1.54, 1.807) is 0 Å². The minimum absolute atomic E-state index is 0.0834. The SMILES string of the molecule is Cc1c(C(C)C)c2cccc3c2n1-c1cc(N2CCCC2)cc2c1B3c1cc(C(C)(C)C)ccc1O2. The Labute approximate surface area is 215 Å². The van der Waals surface area contributed by atoms with Crippen LogP contribution < -0.4 is 26.0 Å². The van der Waals surface area contributed by atoms with Crippen molar-refractivity contribution < 1.29 is 4.74 Å². The van der Waals surface area contributed by atoms with Gasteiger partial charge in [-0.05, 0) is 70.7 Å². The molecule has 4 heteroatoms. The zero-order chi connectivity index (χ0) is 24.9. The minimum atomic E-state index is 0.0834. The third kappa shape index (κ3) is 2.93. The topological polar surface area (TPSA) is 17.4 Å². The van der Waals surface area contributed by atoms with Gasteiger partial charge in [-0.2, -0.15) is 0 Å². The van der Waals surface area contributed by atoms with Crippen molar-refractivity contribution in [3.05, 3.63) is 65.4 Å². The molecule has 36 heavy (non-hydrogen) atoms. The Morgan fingerprint density at radius 2 is 1.69 bits per heavy atom. The van der Waals surface area contributed by atoms with E-state index < -0.39 is 0 Å². The Bertz CT molecular complexity index is 1550. The lowest BCUT2D eigenvalue weighted by atomic mass is 9.34. The van der Waals surface area contributed by atoms with Crippen LogP contribution in [-0.4, -0.2) is 24.4 Å². The minimum Gasteiger partial charge on any atom is -0.458 e. The predicted molar refractivity (Wildman–Crippen MR) is 153 cm³/mol. The van der Waals surface area contributed by atoms with Crippen LogP contribution in [0.2, 0.25) is 0 Å². The van der Waals surface area contributed by atoms with Crippen molar-refractivity contribution in [1.82, 2.24) is 4.57 Å². The molecule has 0 bridgehead atoms. The Morgan fingerprint density at radius 1 is 0.917 bits per heavy atom. The average Bonchev–Trinajstić information content (AvgIpc) is 3.47. The van der Waals surface area contributed by atoms with E-state index in [-0.39, 0.29) is 12.1 Å². The molecule has 1 aromatic heterocycles. The molecule has 4 aromatic rings. The van der Waals surface area contributed by atoms with E-state index in [0.717, 1.165) is 24.6 Å². The molecule has 3 aliphatic heterocycles. The first kappa shape index (κ1) is 22.1. The molecule has 3 aliphatic rings. The van der Waals surface area contributed by atoms with Crippen LogP contribution in [0.1, 0.15) is 70.2 Å². The second-order valence-electron chi connectivity index (χ2n) is 12.3. The summed E-state index contributed by atoms with van der Waals surface area (Å²) in [7, 11) is 0. The molecule has 7 rings (SSSR count). The molecule has 3 nitrogen and oxygen atoms in total. The number of fused-ring (bicyclic) bond motifs is 4. The van der Waals surface area contributed by atoms with Crippen LogP contribution in [-0.2, 0) is 5.41 Å². The van der Waals surface area contributed by atoms with Gasteiger partial charge >= 0.3 is 0 Å². The maximum atomic E-state index is 6.76. The van der Waals surface area contributed by atoms with Crippen LogP contribution in [0.3, 0.4) is 0 Å². The van der Waals surface area contributed by atoms with Crippen LogP contribution in [0.5, 0.6) is 11.5 Å². The summed E-state index contributed by atoms with van der Waals surface area (Å²) in [4.78, 5) is 2.53. The Kier molecular flexibility index (Phi) is 4.57. The zero-order valence-corrected chi connectivity index (χ0v) is 22.4. The van der Waals surface area contributed by atoms with Crippen LogP contribution >= 0.6 is 0 Å². The molecule has 0 saturated carbocycles. The predicted octanol–water partition coefficient (Wildman–Crippen LogP) is 5.90. The van der Waals surface area contributed by atoms with Crippen LogP contribution in [0.15, 0.2) is 48.5 Å². The number of anilines is 1. The lowest BCUT2D eigenvalue weighted by Gasteiger charge is -2.35. The molecule has 0 spiro atoms. The summed E-state index contributed by atoms with van der Waals surface area (Å²) in [5, 5.41) is 1.40. The highest BCUT2D eigenvalue weighted by atomic mass is 16.5. The van der Waals surface area contributed by atoms with E-state index in [4.69, 9.17) is 4.74 Å². The second-order valence-corrected chi connectivity index (χ2v) is 12.3. The van der Waals surface area contributed by atoms with Crippen molar-refractivity contribution in [3.8, 4) is 17.2 Å². The van der Waals surface area contributed by atoms with E-state index in [2.05, 4.69) is 99.5 Å². The van der Waals surface area contributed by atoms with Gasteiger partial charge in [0.1, 0.15) is 11.5 Å². The summed E-state index contributed by atoms with van der Waals surface area (Å²) < 4.78 is 9.31. The van der Waals surface area contributed by atoms with Crippen molar-refractivity contribution in [2.24, 2.45) is 0 Å². The fourth-order valence-electron chi connectivity index (χ4n) is 7.02. The van der Waals surface area contributed by atoms with Gasteiger partial charge in [0.25, 0.3) is 6.71 Å². The first-order valence-corrected chi connectivity index (χ1v) is 13.6. The number of hydrogen-bond donors (Lipinski definition) is 0. The molecule has 0 radical (unpaired) electrons. The molecule has 0 unspecified atom stereocenters. The summed E-state index contributed by atoms with van der Waals surface area (Å²) in [5.74, 6) is 2.49. The number of aromatic nitrogens is 1.